The fourth-order valence-electron chi connectivity index (χ4n) is 5.82. The fraction of sp³-hybridized carbons (Fsp3) is 0.500. The van der Waals surface area contributed by atoms with Gasteiger partial charge in [0.15, 0.2) is 0 Å². The van der Waals surface area contributed by atoms with E-state index in [0.29, 0.717) is 70.4 Å². The molecule has 0 aliphatic heterocycles. The molecule has 3 aromatic rings. The topological polar surface area (TPSA) is 174 Å². The Hall–Kier alpha value is -4.51. The van der Waals surface area contributed by atoms with Crippen LogP contribution in [0, 0.1) is 51.1 Å². The summed E-state index contributed by atoms with van der Waals surface area (Å²) in [6.07, 6.45) is 4.15. The van der Waals surface area contributed by atoms with Crippen LogP contribution in [0.2, 0.25) is 0 Å². The van der Waals surface area contributed by atoms with Crippen molar-refractivity contribution in [2.75, 3.05) is 19.8 Å². The average Bonchev–Trinajstić information content (AvgIpc) is 3.04. The summed E-state index contributed by atoms with van der Waals surface area (Å²) in [5.41, 5.74) is 1.96. The summed E-state index contributed by atoms with van der Waals surface area (Å²) in [7, 11) is -3.70. The first-order chi connectivity index (χ1) is 23.7. The van der Waals surface area contributed by atoms with E-state index in [1.54, 1.807) is 20.8 Å². The zero-order valence-electron chi connectivity index (χ0n) is 29.8. The van der Waals surface area contributed by atoms with Crippen LogP contribution in [0.1, 0.15) is 92.7 Å². The van der Waals surface area contributed by atoms with Crippen LogP contribution in [-0.2, 0) is 23.1 Å². The molecule has 0 unspecified atom stereocenters. The van der Waals surface area contributed by atoms with Crippen molar-refractivity contribution in [3.63, 3.8) is 0 Å². The van der Waals surface area contributed by atoms with Gasteiger partial charge in [-0.1, -0.05) is 40.0 Å². The zero-order chi connectivity index (χ0) is 37.0. The minimum Gasteiger partial charge on any atom is -0.493 e. The lowest BCUT2D eigenvalue weighted by Crippen LogP contribution is -2.08. The summed E-state index contributed by atoms with van der Waals surface area (Å²) < 4.78 is 34.1. The van der Waals surface area contributed by atoms with E-state index in [0.717, 1.165) is 38.5 Å². The van der Waals surface area contributed by atoms with Crippen LogP contribution in [0.15, 0.2) is 36.4 Å². The molecule has 0 saturated carbocycles. The molecule has 3 aromatic carbocycles. The summed E-state index contributed by atoms with van der Waals surface area (Å²) in [6.45, 7) is 12.1. The first-order valence-electron chi connectivity index (χ1n) is 17.0. The van der Waals surface area contributed by atoms with Crippen molar-refractivity contribution in [3.05, 3.63) is 100 Å². The number of unbranched alkanes of at least 4 members (excludes halogenated alkanes) is 3. The quantitative estimate of drug-likeness (QED) is 0.0447. The van der Waals surface area contributed by atoms with Gasteiger partial charge in [0.05, 0.1) is 34.6 Å². The van der Waals surface area contributed by atoms with Crippen LogP contribution < -0.4 is 14.2 Å². The van der Waals surface area contributed by atoms with Crippen molar-refractivity contribution >= 4 is 24.2 Å². The molecule has 0 amide bonds. The van der Waals surface area contributed by atoms with Crippen molar-refractivity contribution in [2.45, 2.75) is 98.6 Å². The molecule has 0 saturated heterocycles. The third-order valence-electron chi connectivity index (χ3n) is 8.25. The second-order valence-corrected chi connectivity index (χ2v) is 15.7. The summed E-state index contributed by atoms with van der Waals surface area (Å²) in [4.78, 5) is 34.4. The minimum atomic E-state index is -3.70. The van der Waals surface area contributed by atoms with E-state index in [9.17, 15) is 30.3 Å². The summed E-state index contributed by atoms with van der Waals surface area (Å²) in [5.74, 6) is 1.15. The third-order valence-corrected chi connectivity index (χ3v) is 11.0. The van der Waals surface area contributed by atoms with Gasteiger partial charge < -0.3 is 18.8 Å². The van der Waals surface area contributed by atoms with E-state index >= 15 is 4.57 Å². The third kappa shape index (κ3) is 10.7. The van der Waals surface area contributed by atoms with E-state index in [4.69, 9.17) is 14.2 Å². The molecule has 0 heterocycles. The molecule has 0 aromatic heterocycles. The second-order valence-electron chi connectivity index (χ2n) is 12.7. The standard InChI is InChI=1S/C36H48N3O10P/c1-7-10-13-47-34-25(4)16-31(37(40)41)19-28(34)22-50(46,23-29-20-32(38(42)43)17-26(5)35(29)48-14-11-8-2)24-30-21-33(39(44)45)18-27(6)36(30)49-15-12-9-3/h16-21H,7-15,22-24H2,1-6H3. The molecule has 0 atom stereocenters. The SMILES string of the molecule is CCCCOc1c(C)cc([N+](=O)[O-])cc1CP(=O)(Cc1cc([N+](=O)[O-])cc(C)c1OCCCC)Cc1cc([N+](=O)[O-])cc(C)c1OCCCC. The molecule has 0 spiro atoms. The van der Waals surface area contributed by atoms with Crippen LogP contribution in [0.5, 0.6) is 17.2 Å². The predicted molar refractivity (Wildman–Crippen MR) is 193 cm³/mol. The Morgan fingerprint density at radius 3 is 1.00 bits per heavy atom. The Labute approximate surface area is 293 Å². The Balaban J connectivity index is 2.32. The number of benzene rings is 3. The molecular weight excluding hydrogens is 665 g/mol. The molecule has 272 valence electrons. The Morgan fingerprint density at radius 2 is 0.780 bits per heavy atom. The van der Waals surface area contributed by atoms with Gasteiger partial charge in [-0.3, -0.25) is 30.3 Å². The monoisotopic (exact) mass is 713 g/mol. The Morgan fingerprint density at radius 1 is 0.520 bits per heavy atom. The molecule has 0 radical (unpaired) electrons. The highest BCUT2D eigenvalue weighted by atomic mass is 31.2. The number of aryl methyl sites for hydroxylation is 3. The van der Waals surface area contributed by atoms with Gasteiger partial charge in [-0.05, 0) is 56.7 Å². The number of hydrogen-bond donors (Lipinski definition) is 0. The zero-order valence-corrected chi connectivity index (χ0v) is 30.7. The largest absolute Gasteiger partial charge is 0.493 e. The maximum atomic E-state index is 15.7. The van der Waals surface area contributed by atoms with Crippen LogP contribution >= 0.6 is 7.14 Å². The molecule has 0 bridgehead atoms. The molecule has 3 rings (SSSR count). The molecule has 0 N–H and O–H groups in total. The highest BCUT2D eigenvalue weighted by molar-refractivity contribution is 7.61. The molecule has 50 heavy (non-hydrogen) atoms. The number of nitro groups is 3. The molecule has 0 aliphatic rings. The lowest BCUT2D eigenvalue weighted by molar-refractivity contribution is -0.385. The van der Waals surface area contributed by atoms with Gasteiger partial charge in [0.25, 0.3) is 17.1 Å². The number of rotatable bonds is 21. The summed E-state index contributed by atoms with van der Waals surface area (Å²) >= 11 is 0. The molecule has 14 heteroatoms. The van der Waals surface area contributed by atoms with Gasteiger partial charge in [0, 0.05) is 71.6 Å². The fourth-order valence-corrected chi connectivity index (χ4v) is 8.72. The molecule has 13 nitrogen and oxygen atoms in total. The second kappa shape index (κ2) is 18.5. The van der Waals surface area contributed by atoms with E-state index in [2.05, 4.69) is 0 Å². The number of hydrogen-bond acceptors (Lipinski definition) is 10. The van der Waals surface area contributed by atoms with Crippen LogP contribution in [-0.4, -0.2) is 34.6 Å². The highest BCUT2D eigenvalue weighted by Crippen LogP contribution is 2.59. The van der Waals surface area contributed by atoms with E-state index in [1.807, 2.05) is 20.8 Å². The van der Waals surface area contributed by atoms with Gasteiger partial charge in [-0.2, -0.15) is 0 Å². The number of nitro benzene ring substituents is 3. The number of non-ortho nitro benzene ring substituents is 3. The smallest absolute Gasteiger partial charge is 0.270 e. The average molecular weight is 714 g/mol. The van der Waals surface area contributed by atoms with Crippen molar-refractivity contribution in [3.8, 4) is 17.2 Å². The number of ether oxygens (including phenoxy) is 3. The van der Waals surface area contributed by atoms with Gasteiger partial charge in [0.1, 0.15) is 24.4 Å². The van der Waals surface area contributed by atoms with Crippen molar-refractivity contribution < 1.29 is 33.5 Å². The maximum Gasteiger partial charge on any atom is 0.270 e. The van der Waals surface area contributed by atoms with Crippen molar-refractivity contribution in [2.24, 2.45) is 0 Å². The normalized spacial score (nSPS) is 11.3. The summed E-state index contributed by atoms with van der Waals surface area (Å²) in [6, 6.07) is 8.29. The highest BCUT2D eigenvalue weighted by Gasteiger charge is 2.32. The lowest BCUT2D eigenvalue weighted by atomic mass is 10.1. The van der Waals surface area contributed by atoms with E-state index in [1.165, 1.54) is 36.4 Å². The minimum absolute atomic E-state index is 0.191. The number of nitrogens with zero attached hydrogens (tertiary/aromatic N) is 3. The van der Waals surface area contributed by atoms with Gasteiger partial charge in [-0.15, -0.1) is 0 Å². The first-order valence-corrected chi connectivity index (χ1v) is 19.3. The first kappa shape index (κ1) is 39.9. The van der Waals surface area contributed by atoms with Gasteiger partial charge in [0.2, 0.25) is 0 Å². The van der Waals surface area contributed by atoms with Crippen LogP contribution in [0.25, 0.3) is 0 Å². The Kier molecular flexibility index (Phi) is 14.8. The van der Waals surface area contributed by atoms with Crippen molar-refractivity contribution in [1.29, 1.82) is 0 Å². The van der Waals surface area contributed by atoms with Crippen molar-refractivity contribution in [1.82, 2.24) is 0 Å². The molecule has 0 fully saturated rings. The maximum absolute atomic E-state index is 15.7. The Bertz CT molecular complexity index is 1550. The predicted octanol–water partition coefficient (Wildman–Crippen LogP) is 10.1. The van der Waals surface area contributed by atoms with E-state index < -0.39 is 21.9 Å². The molecular formula is C36H48N3O10P. The van der Waals surface area contributed by atoms with Crippen LogP contribution in [0.4, 0.5) is 17.1 Å². The van der Waals surface area contributed by atoms with Gasteiger partial charge >= 0.3 is 0 Å². The van der Waals surface area contributed by atoms with E-state index in [-0.39, 0.29) is 35.5 Å². The lowest BCUT2D eigenvalue weighted by Gasteiger charge is -2.24. The summed E-state index contributed by atoms with van der Waals surface area (Å²) in [5, 5.41) is 35.9. The van der Waals surface area contributed by atoms with Gasteiger partial charge in [-0.25, -0.2) is 0 Å². The molecule has 0 aliphatic carbocycles. The van der Waals surface area contributed by atoms with Crippen LogP contribution in [0.3, 0.4) is 0 Å².